The normalized spacial score (nSPS) is 10.1. The highest BCUT2D eigenvalue weighted by Crippen LogP contribution is 2.31. The number of rotatable bonds is 4. The summed E-state index contributed by atoms with van der Waals surface area (Å²) in [6.45, 7) is 3.42. The molecule has 0 spiro atoms. The van der Waals surface area contributed by atoms with Gasteiger partial charge in [0.25, 0.3) is 5.91 Å². The van der Waals surface area contributed by atoms with Crippen LogP contribution in [0.1, 0.15) is 32.5 Å². The van der Waals surface area contributed by atoms with Gasteiger partial charge in [-0.2, -0.15) is 0 Å². The molecule has 4 N–H and O–H groups in total. The summed E-state index contributed by atoms with van der Waals surface area (Å²) in [5.74, 6) is -1.09. The van der Waals surface area contributed by atoms with Crippen LogP contribution in [0, 0.1) is 6.92 Å². The average Bonchev–Trinajstić information content (AvgIpc) is 2.83. The Balaban J connectivity index is 2.11. The SMILES string of the molecule is CCOC(=O)c1c(N)sc(C(=O)NC(=O)Nc2cnccn2)c1C. The number of thiophene rings is 1. The van der Waals surface area contributed by atoms with Gasteiger partial charge < -0.3 is 10.5 Å². The molecule has 10 heteroatoms. The number of esters is 1. The van der Waals surface area contributed by atoms with Crippen LogP contribution < -0.4 is 16.4 Å². The Bertz CT molecular complexity index is 775. The predicted octanol–water partition coefficient (Wildman–Crippen LogP) is 1.57. The zero-order chi connectivity index (χ0) is 17.7. The molecule has 24 heavy (non-hydrogen) atoms. The van der Waals surface area contributed by atoms with E-state index in [1.54, 1.807) is 13.8 Å². The molecule has 9 nitrogen and oxygen atoms in total. The van der Waals surface area contributed by atoms with E-state index in [4.69, 9.17) is 10.5 Å². The van der Waals surface area contributed by atoms with Gasteiger partial charge in [-0.3, -0.25) is 20.4 Å². The molecule has 0 aliphatic carbocycles. The fraction of sp³-hybridized carbons (Fsp3) is 0.214. The quantitative estimate of drug-likeness (QED) is 0.713. The van der Waals surface area contributed by atoms with E-state index in [9.17, 15) is 14.4 Å². The second kappa shape index (κ2) is 7.51. The Hall–Kier alpha value is -3.01. The second-order valence-electron chi connectivity index (χ2n) is 4.51. The minimum absolute atomic E-state index is 0.140. The van der Waals surface area contributed by atoms with Crippen LogP contribution in [0.2, 0.25) is 0 Å². The topological polar surface area (TPSA) is 136 Å². The minimum atomic E-state index is -0.774. The van der Waals surface area contributed by atoms with Crippen LogP contribution in [-0.4, -0.2) is 34.5 Å². The molecule has 0 atom stereocenters. The van der Waals surface area contributed by atoms with Crippen molar-refractivity contribution in [2.75, 3.05) is 17.7 Å². The molecular weight excluding hydrogens is 334 g/mol. The molecule has 2 aromatic rings. The summed E-state index contributed by atoms with van der Waals surface area (Å²) >= 11 is 0.908. The molecule has 2 heterocycles. The molecule has 3 amide bonds. The van der Waals surface area contributed by atoms with Crippen molar-refractivity contribution in [3.63, 3.8) is 0 Å². The van der Waals surface area contributed by atoms with Crippen LogP contribution in [0.3, 0.4) is 0 Å². The maximum Gasteiger partial charge on any atom is 0.341 e. The Morgan fingerprint density at radius 1 is 1.33 bits per heavy atom. The lowest BCUT2D eigenvalue weighted by atomic mass is 10.1. The number of carbonyl (C=O) groups is 3. The molecule has 0 saturated heterocycles. The fourth-order valence-electron chi connectivity index (χ4n) is 1.88. The second-order valence-corrected chi connectivity index (χ2v) is 5.57. The van der Waals surface area contributed by atoms with Crippen molar-refractivity contribution in [3.05, 3.63) is 34.6 Å². The number of ether oxygens (including phenoxy) is 1. The zero-order valence-corrected chi connectivity index (χ0v) is 13.8. The molecule has 0 saturated carbocycles. The smallest absolute Gasteiger partial charge is 0.341 e. The molecule has 0 radical (unpaired) electrons. The summed E-state index contributed by atoms with van der Waals surface area (Å²) in [6, 6.07) is -0.774. The molecule has 0 bridgehead atoms. The maximum atomic E-state index is 12.2. The van der Waals surface area contributed by atoms with Gasteiger partial charge in [-0.1, -0.05) is 0 Å². The van der Waals surface area contributed by atoms with Crippen molar-refractivity contribution >= 4 is 40.1 Å². The number of amides is 3. The van der Waals surface area contributed by atoms with Crippen LogP contribution in [0.25, 0.3) is 0 Å². The molecule has 2 aromatic heterocycles. The van der Waals surface area contributed by atoms with E-state index in [-0.39, 0.29) is 27.9 Å². The Morgan fingerprint density at radius 2 is 2.08 bits per heavy atom. The first-order valence-corrected chi connectivity index (χ1v) is 7.70. The van der Waals surface area contributed by atoms with Gasteiger partial charge >= 0.3 is 12.0 Å². The number of nitrogens with zero attached hydrogens (tertiary/aromatic N) is 2. The van der Waals surface area contributed by atoms with E-state index in [0.29, 0.717) is 5.56 Å². The summed E-state index contributed by atoms with van der Waals surface area (Å²) in [7, 11) is 0. The lowest BCUT2D eigenvalue weighted by molar-refractivity contribution is 0.0527. The monoisotopic (exact) mass is 349 g/mol. The number of aromatic nitrogens is 2. The van der Waals surface area contributed by atoms with Crippen LogP contribution in [0.4, 0.5) is 15.6 Å². The maximum absolute atomic E-state index is 12.2. The number of nitrogen functional groups attached to an aromatic ring is 1. The third-order valence-electron chi connectivity index (χ3n) is 2.89. The van der Waals surface area contributed by atoms with Gasteiger partial charge in [0.05, 0.1) is 23.2 Å². The van der Waals surface area contributed by atoms with Gasteiger partial charge in [-0.25, -0.2) is 14.6 Å². The Labute approximate surface area is 141 Å². The number of hydrogen-bond donors (Lipinski definition) is 3. The van der Waals surface area contributed by atoms with Gasteiger partial charge in [-0.05, 0) is 19.4 Å². The van der Waals surface area contributed by atoms with E-state index in [1.807, 2.05) is 0 Å². The van der Waals surface area contributed by atoms with Crippen molar-refractivity contribution in [2.24, 2.45) is 0 Å². The summed E-state index contributed by atoms with van der Waals surface area (Å²) in [6.07, 6.45) is 4.17. The van der Waals surface area contributed by atoms with Crippen molar-refractivity contribution < 1.29 is 19.1 Å². The van der Waals surface area contributed by atoms with Gasteiger partial charge in [0.2, 0.25) is 0 Å². The summed E-state index contributed by atoms with van der Waals surface area (Å²) < 4.78 is 4.90. The summed E-state index contributed by atoms with van der Waals surface area (Å²) in [5, 5.41) is 4.66. The van der Waals surface area contributed by atoms with Crippen LogP contribution >= 0.6 is 11.3 Å². The van der Waals surface area contributed by atoms with E-state index in [1.165, 1.54) is 18.6 Å². The predicted molar refractivity (Wildman–Crippen MR) is 87.9 cm³/mol. The third-order valence-corrected chi connectivity index (χ3v) is 4.01. The lowest BCUT2D eigenvalue weighted by Gasteiger charge is -2.05. The van der Waals surface area contributed by atoms with Crippen molar-refractivity contribution in [1.29, 1.82) is 0 Å². The van der Waals surface area contributed by atoms with Gasteiger partial charge in [0.15, 0.2) is 5.82 Å². The third kappa shape index (κ3) is 3.84. The first-order valence-electron chi connectivity index (χ1n) is 6.88. The van der Waals surface area contributed by atoms with Crippen LogP contribution in [-0.2, 0) is 4.74 Å². The van der Waals surface area contributed by atoms with Gasteiger partial charge in [0, 0.05) is 12.4 Å². The number of anilines is 2. The fourth-order valence-corrected chi connectivity index (χ4v) is 2.84. The number of hydrogen-bond acceptors (Lipinski definition) is 8. The zero-order valence-electron chi connectivity index (χ0n) is 13.0. The molecule has 126 valence electrons. The van der Waals surface area contributed by atoms with Crippen molar-refractivity contribution in [3.8, 4) is 0 Å². The van der Waals surface area contributed by atoms with E-state index >= 15 is 0 Å². The molecular formula is C14H15N5O4S. The van der Waals surface area contributed by atoms with E-state index in [2.05, 4.69) is 20.6 Å². The van der Waals surface area contributed by atoms with Crippen LogP contribution in [0.5, 0.6) is 0 Å². The average molecular weight is 349 g/mol. The van der Waals surface area contributed by atoms with Crippen LogP contribution in [0.15, 0.2) is 18.6 Å². The van der Waals surface area contributed by atoms with Crippen molar-refractivity contribution in [1.82, 2.24) is 15.3 Å². The molecule has 0 aromatic carbocycles. The molecule has 0 fully saturated rings. The number of carbonyl (C=O) groups excluding carboxylic acids is 3. The Kier molecular flexibility index (Phi) is 5.42. The highest BCUT2D eigenvalue weighted by molar-refractivity contribution is 7.18. The van der Waals surface area contributed by atoms with Gasteiger partial charge in [0.1, 0.15) is 5.00 Å². The largest absolute Gasteiger partial charge is 0.462 e. The lowest BCUT2D eigenvalue weighted by Crippen LogP contribution is -2.34. The first-order chi connectivity index (χ1) is 11.4. The Morgan fingerprint density at radius 3 is 2.71 bits per heavy atom. The standard InChI is InChI=1S/C14H15N5O4S/c1-3-23-13(21)9-7(2)10(24-11(9)15)12(20)19-14(22)18-8-6-16-4-5-17-8/h4-6H,3,15H2,1-2H3,(H2,17,18,19,20,22). The molecule has 0 unspecified atom stereocenters. The van der Waals surface area contributed by atoms with E-state index in [0.717, 1.165) is 11.3 Å². The summed E-state index contributed by atoms with van der Waals surface area (Å²) in [4.78, 5) is 43.7. The molecule has 0 aliphatic rings. The number of urea groups is 1. The van der Waals surface area contributed by atoms with Gasteiger partial charge in [-0.15, -0.1) is 11.3 Å². The molecule has 2 rings (SSSR count). The molecule has 0 aliphatic heterocycles. The highest BCUT2D eigenvalue weighted by Gasteiger charge is 2.25. The number of nitrogens with one attached hydrogen (secondary N) is 2. The van der Waals surface area contributed by atoms with E-state index < -0.39 is 17.9 Å². The summed E-state index contributed by atoms with van der Waals surface area (Å²) in [5.41, 5.74) is 6.29. The number of imide groups is 1. The highest BCUT2D eigenvalue weighted by atomic mass is 32.1. The first kappa shape index (κ1) is 17.3. The van der Waals surface area contributed by atoms with Crippen molar-refractivity contribution in [2.45, 2.75) is 13.8 Å². The number of nitrogens with two attached hydrogens (primary N) is 1. The minimum Gasteiger partial charge on any atom is -0.462 e.